The summed E-state index contributed by atoms with van der Waals surface area (Å²) in [6, 6.07) is 9.02. The third-order valence-electron chi connectivity index (χ3n) is 4.05. The third-order valence-corrected chi connectivity index (χ3v) is 6.26. The minimum atomic E-state index is -3.38. The van der Waals surface area contributed by atoms with Crippen molar-refractivity contribution < 1.29 is 17.6 Å². The maximum Gasteiger partial charge on any atom is 0.181 e. The van der Waals surface area contributed by atoms with Gasteiger partial charge in [-0.05, 0) is 44.2 Å². The fourth-order valence-corrected chi connectivity index (χ4v) is 3.89. The van der Waals surface area contributed by atoms with Gasteiger partial charge >= 0.3 is 0 Å². The van der Waals surface area contributed by atoms with E-state index in [0.29, 0.717) is 29.4 Å². The van der Waals surface area contributed by atoms with E-state index in [0.717, 1.165) is 18.8 Å². The van der Waals surface area contributed by atoms with Gasteiger partial charge in [0.15, 0.2) is 9.84 Å². The van der Waals surface area contributed by atoms with Gasteiger partial charge in [0.05, 0.1) is 29.6 Å². The molecule has 1 fully saturated rings. The molecule has 1 saturated heterocycles. The molecule has 3 rings (SSSR count). The molecule has 0 N–H and O–H groups in total. The zero-order valence-corrected chi connectivity index (χ0v) is 14.2. The minimum absolute atomic E-state index is 0.319. The molecule has 0 spiro atoms. The highest BCUT2D eigenvalue weighted by molar-refractivity contribution is 7.92. The summed E-state index contributed by atoms with van der Waals surface area (Å²) in [4.78, 5) is 2.52. The second kappa shape index (κ2) is 6.37. The van der Waals surface area contributed by atoms with Crippen LogP contribution in [0.15, 0.2) is 45.9 Å². The van der Waals surface area contributed by atoms with Crippen LogP contribution in [0.2, 0.25) is 0 Å². The molecule has 2 aromatic rings. The van der Waals surface area contributed by atoms with Gasteiger partial charge < -0.3 is 14.1 Å². The third kappa shape index (κ3) is 3.14. The molecule has 0 saturated carbocycles. The van der Waals surface area contributed by atoms with Gasteiger partial charge in [-0.2, -0.15) is 0 Å². The number of rotatable bonds is 4. The van der Waals surface area contributed by atoms with E-state index in [4.69, 9.17) is 9.15 Å². The molecule has 0 unspecified atom stereocenters. The van der Waals surface area contributed by atoms with Crippen molar-refractivity contribution in [3.63, 3.8) is 0 Å². The van der Waals surface area contributed by atoms with Gasteiger partial charge in [-0.15, -0.1) is 0 Å². The van der Waals surface area contributed by atoms with E-state index in [1.807, 2.05) is 12.1 Å². The number of hydrogen-bond acceptors (Lipinski definition) is 5. The van der Waals surface area contributed by atoms with Gasteiger partial charge in [-0.25, -0.2) is 8.42 Å². The number of nitrogens with zero attached hydrogens (tertiary/aromatic N) is 1. The molecule has 0 atom stereocenters. The van der Waals surface area contributed by atoms with Gasteiger partial charge in [0.1, 0.15) is 5.76 Å². The van der Waals surface area contributed by atoms with Crippen molar-refractivity contribution in [3.8, 4) is 11.3 Å². The van der Waals surface area contributed by atoms with Crippen molar-refractivity contribution in [1.82, 2.24) is 0 Å². The number of hydrogen-bond donors (Lipinski definition) is 0. The topological polar surface area (TPSA) is 59.8 Å². The summed E-state index contributed by atoms with van der Waals surface area (Å²) >= 11 is 0. The fourth-order valence-electron chi connectivity index (χ4n) is 2.66. The van der Waals surface area contributed by atoms with Crippen LogP contribution in [0.4, 0.5) is 5.69 Å². The van der Waals surface area contributed by atoms with Crippen LogP contribution in [0, 0.1) is 0 Å². The number of morpholine rings is 1. The number of anilines is 1. The number of ether oxygens (including phenoxy) is 1. The largest absolute Gasteiger partial charge is 0.464 e. The Labute approximate surface area is 136 Å². The first-order valence-corrected chi connectivity index (χ1v) is 9.29. The standard InChI is InChI=1S/C17H21NO4S/c1-13(2)23(19,20)17-6-5-14(18-7-10-21-11-8-18)12-15(17)16-4-3-9-22-16/h3-6,9,12-13H,7-8,10-11H2,1-2H3. The summed E-state index contributed by atoms with van der Waals surface area (Å²) in [5.41, 5.74) is 1.61. The summed E-state index contributed by atoms with van der Waals surface area (Å²) < 4.78 is 36.2. The van der Waals surface area contributed by atoms with Gasteiger partial charge in [0, 0.05) is 24.3 Å². The van der Waals surface area contributed by atoms with Crippen molar-refractivity contribution in [2.75, 3.05) is 31.2 Å². The Morgan fingerprint density at radius 3 is 2.48 bits per heavy atom. The van der Waals surface area contributed by atoms with Crippen molar-refractivity contribution in [2.24, 2.45) is 0 Å². The molecule has 5 nitrogen and oxygen atoms in total. The van der Waals surface area contributed by atoms with E-state index in [2.05, 4.69) is 4.90 Å². The van der Waals surface area contributed by atoms with Crippen molar-refractivity contribution in [2.45, 2.75) is 24.0 Å². The molecular weight excluding hydrogens is 314 g/mol. The minimum Gasteiger partial charge on any atom is -0.464 e. The van der Waals surface area contributed by atoms with Crippen LogP contribution in [0.5, 0.6) is 0 Å². The van der Waals surface area contributed by atoms with E-state index in [9.17, 15) is 8.42 Å². The molecule has 124 valence electrons. The van der Waals surface area contributed by atoms with E-state index < -0.39 is 15.1 Å². The predicted octanol–water partition coefficient (Wildman–Crippen LogP) is 2.97. The lowest BCUT2D eigenvalue weighted by Crippen LogP contribution is -2.36. The quantitative estimate of drug-likeness (QED) is 0.860. The Balaban J connectivity index is 2.10. The molecule has 1 aromatic carbocycles. The highest BCUT2D eigenvalue weighted by Crippen LogP contribution is 2.33. The first-order chi connectivity index (χ1) is 11.0. The second-order valence-corrected chi connectivity index (χ2v) is 8.32. The number of benzene rings is 1. The van der Waals surface area contributed by atoms with Crippen LogP contribution >= 0.6 is 0 Å². The Kier molecular flexibility index (Phi) is 4.46. The van der Waals surface area contributed by atoms with Crippen LogP contribution in [0.1, 0.15) is 13.8 Å². The van der Waals surface area contributed by atoms with Crippen molar-refractivity contribution >= 4 is 15.5 Å². The smallest absolute Gasteiger partial charge is 0.181 e. The van der Waals surface area contributed by atoms with Crippen LogP contribution in [-0.2, 0) is 14.6 Å². The molecule has 6 heteroatoms. The summed E-state index contributed by atoms with van der Waals surface area (Å²) in [7, 11) is -3.38. The first kappa shape index (κ1) is 16.1. The lowest BCUT2D eigenvalue weighted by Gasteiger charge is -2.29. The zero-order valence-electron chi connectivity index (χ0n) is 13.4. The van der Waals surface area contributed by atoms with Crippen LogP contribution < -0.4 is 4.90 Å². The van der Waals surface area contributed by atoms with Crippen LogP contribution in [0.3, 0.4) is 0 Å². The SMILES string of the molecule is CC(C)S(=O)(=O)c1ccc(N2CCOCC2)cc1-c1ccco1. The van der Waals surface area contributed by atoms with Crippen molar-refractivity contribution in [1.29, 1.82) is 0 Å². The molecule has 2 heterocycles. The Hall–Kier alpha value is -1.79. The number of furan rings is 1. The monoisotopic (exact) mass is 335 g/mol. The van der Waals surface area contributed by atoms with E-state index >= 15 is 0 Å². The lowest BCUT2D eigenvalue weighted by molar-refractivity contribution is 0.122. The van der Waals surface area contributed by atoms with Gasteiger partial charge in [-0.1, -0.05) is 0 Å². The average molecular weight is 335 g/mol. The maximum absolute atomic E-state index is 12.7. The highest BCUT2D eigenvalue weighted by Gasteiger charge is 2.25. The molecule has 0 aliphatic carbocycles. The second-order valence-electron chi connectivity index (χ2n) is 5.85. The molecule has 1 aromatic heterocycles. The average Bonchev–Trinajstić information content (AvgIpc) is 3.09. The summed E-state index contributed by atoms with van der Waals surface area (Å²) in [6.07, 6.45) is 1.56. The molecule has 0 radical (unpaired) electrons. The fraction of sp³-hybridized carbons (Fsp3) is 0.412. The molecule has 0 bridgehead atoms. The summed E-state index contributed by atoms with van der Waals surface area (Å²) in [5.74, 6) is 0.569. The van der Waals surface area contributed by atoms with Gasteiger partial charge in [0.2, 0.25) is 0 Å². The van der Waals surface area contributed by atoms with Gasteiger partial charge in [-0.3, -0.25) is 0 Å². The summed E-state index contributed by atoms with van der Waals surface area (Å²) in [5, 5.41) is -0.481. The molecule has 1 aliphatic heterocycles. The van der Waals surface area contributed by atoms with Crippen LogP contribution in [-0.4, -0.2) is 40.0 Å². The molecule has 0 amide bonds. The summed E-state index contributed by atoms with van der Waals surface area (Å²) in [6.45, 7) is 6.35. The van der Waals surface area contributed by atoms with Crippen LogP contribution in [0.25, 0.3) is 11.3 Å². The van der Waals surface area contributed by atoms with Gasteiger partial charge in [0.25, 0.3) is 0 Å². The van der Waals surface area contributed by atoms with E-state index in [-0.39, 0.29) is 0 Å². The molecule has 23 heavy (non-hydrogen) atoms. The first-order valence-electron chi connectivity index (χ1n) is 7.74. The highest BCUT2D eigenvalue weighted by atomic mass is 32.2. The van der Waals surface area contributed by atoms with Crippen molar-refractivity contribution in [3.05, 3.63) is 36.6 Å². The molecule has 1 aliphatic rings. The van der Waals surface area contributed by atoms with E-state index in [1.54, 1.807) is 38.3 Å². The Morgan fingerprint density at radius 1 is 1.13 bits per heavy atom. The Bertz CT molecular complexity index is 760. The lowest BCUT2D eigenvalue weighted by atomic mass is 10.1. The predicted molar refractivity (Wildman–Crippen MR) is 89.5 cm³/mol. The number of sulfone groups is 1. The van der Waals surface area contributed by atoms with E-state index in [1.165, 1.54) is 0 Å². The molecular formula is C17H21NO4S. The normalized spacial score (nSPS) is 16.0. The Morgan fingerprint density at radius 2 is 1.87 bits per heavy atom. The zero-order chi connectivity index (χ0) is 16.4. The maximum atomic E-state index is 12.7.